The highest BCUT2D eigenvalue weighted by molar-refractivity contribution is 7.19. The quantitative estimate of drug-likeness (QED) is 0.119. The maximum absolute atomic E-state index is 5.60. The smallest absolute Gasteiger partial charge is 0.181 e. The van der Waals surface area contributed by atoms with Gasteiger partial charge in [0.25, 0.3) is 0 Å². The lowest BCUT2D eigenvalue weighted by molar-refractivity contribution is 0.661. The molecule has 1 atom stereocenters. The van der Waals surface area contributed by atoms with Gasteiger partial charge in [-0.1, -0.05) is 189 Å². The third-order valence-corrected chi connectivity index (χ3v) is 18.1. The summed E-state index contributed by atoms with van der Waals surface area (Å²) in [5, 5.41) is 7.74. The van der Waals surface area contributed by atoms with Gasteiger partial charge in [-0.15, -0.1) is 0 Å². The Kier molecular flexibility index (Phi) is 8.23. The minimum absolute atomic E-state index is 0.0944. The second-order valence-corrected chi connectivity index (χ2v) is 20.5. The summed E-state index contributed by atoms with van der Waals surface area (Å²) in [5.41, 5.74) is 14.1. The Bertz CT molecular complexity index is 3240. The topological polar surface area (TPSA) is 30.7 Å². The first-order valence-electron chi connectivity index (χ1n) is 20.8. The lowest BCUT2D eigenvalue weighted by Crippen LogP contribution is -2.66. The highest BCUT2D eigenvalue weighted by Gasteiger charge is 2.51. The van der Waals surface area contributed by atoms with Gasteiger partial charge in [-0.05, 0) is 64.3 Å². The number of nitrogens with zero attached hydrogens (tertiary/aromatic N) is 3. The molecule has 4 heteroatoms. The molecule has 3 heterocycles. The van der Waals surface area contributed by atoms with Crippen molar-refractivity contribution < 1.29 is 0 Å². The van der Waals surface area contributed by atoms with Crippen molar-refractivity contribution in [3.63, 3.8) is 0 Å². The van der Waals surface area contributed by atoms with Crippen molar-refractivity contribution in [3.05, 3.63) is 217 Å². The highest BCUT2D eigenvalue weighted by atomic mass is 28.3. The molecule has 286 valence electrons. The minimum atomic E-state index is -2.85. The van der Waals surface area contributed by atoms with Gasteiger partial charge in [-0.3, -0.25) is 0 Å². The summed E-state index contributed by atoms with van der Waals surface area (Å²) in [6.45, 7) is 10.9. The largest absolute Gasteiger partial charge is 0.309 e. The molecule has 0 bridgehead atoms. The van der Waals surface area contributed by atoms with Crippen LogP contribution in [0.1, 0.15) is 31.9 Å². The van der Waals surface area contributed by atoms with E-state index in [4.69, 9.17) is 9.97 Å². The average Bonchev–Trinajstić information content (AvgIpc) is 3.88. The maximum atomic E-state index is 5.60. The minimum Gasteiger partial charge on any atom is -0.309 e. The Morgan fingerprint density at radius 3 is 2.05 bits per heavy atom. The zero-order valence-corrected chi connectivity index (χ0v) is 35.0. The van der Waals surface area contributed by atoms with Crippen LogP contribution < -0.4 is 15.6 Å². The van der Waals surface area contributed by atoms with Gasteiger partial charge < -0.3 is 4.57 Å². The van der Waals surface area contributed by atoms with E-state index >= 15 is 0 Å². The molecule has 1 aliphatic carbocycles. The Morgan fingerprint density at radius 1 is 0.600 bits per heavy atom. The van der Waals surface area contributed by atoms with Gasteiger partial charge in [-0.25, -0.2) is 9.97 Å². The maximum Gasteiger partial charge on any atom is 0.181 e. The molecule has 2 aromatic heterocycles. The Hall–Kier alpha value is -7.14. The Labute approximate surface area is 352 Å². The number of para-hydroxylation sites is 1. The van der Waals surface area contributed by atoms with Crippen molar-refractivity contribution in [2.75, 3.05) is 0 Å². The molecule has 0 fully saturated rings. The van der Waals surface area contributed by atoms with Crippen LogP contribution in [-0.4, -0.2) is 22.6 Å². The molecule has 7 aromatic carbocycles. The fourth-order valence-electron chi connectivity index (χ4n) is 10.4. The number of aromatic nitrogens is 3. The second-order valence-electron chi connectivity index (χ2n) is 16.6. The molecule has 60 heavy (non-hydrogen) atoms. The monoisotopic (exact) mass is 785 g/mol. The summed E-state index contributed by atoms with van der Waals surface area (Å²) >= 11 is 0. The van der Waals surface area contributed by atoms with Crippen LogP contribution in [0, 0.1) is 0 Å². The molecule has 11 rings (SSSR count). The molecule has 0 saturated carbocycles. The molecule has 0 amide bonds. The number of allylic oxidation sites excluding steroid dienone is 5. The summed E-state index contributed by atoms with van der Waals surface area (Å²) in [5.74, 6) is 0.721. The van der Waals surface area contributed by atoms with Crippen molar-refractivity contribution in [2.45, 2.75) is 26.2 Å². The van der Waals surface area contributed by atoms with E-state index in [0.29, 0.717) is 0 Å². The van der Waals surface area contributed by atoms with Crippen molar-refractivity contribution >= 4 is 45.4 Å². The predicted molar refractivity (Wildman–Crippen MR) is 254 cm³/mol. The first-order valence-corrected chi connectivity index (χ1v) is 22.8. The normalized spacial score (nSPS) is 16.2. The van der Waals surface area contributed by atoms with E-state index in [1.165, 1.54) is 70.4 Å². The van der Waals surface area contributed by atoms with Gasteiger partial charge in [-0.2, -0.15) is 0 Å². The Balaban J connectivity index is 1.14. The average molecular weight is 786 g/mol. The van der Waals surface area contributed by atoms with Gasteiger partial charge in [0.05, 0.1) is 22.4 Å². The van der Waals surface area contributed by atoms with Crippen LogP contribution in [0.3, 0.4) is 0 Å². The van der Waals surface area contributed by atoms with Crippen molar-refractivity contribution in [1.29, 1.82) is 0 Å². The van der Waals surface area contributed by atoms with E-state index in [1.54, 1.807) is 0 Å². The summed E-state index contributed by atoms with van der Waals surface area (Å²) in [7, 11) is -2.85. The van der Waals surface area contributed by atoms with Crippen molar-refractivity contribution in [2.24, 2.45) is 0 Å². The third-order valence-electron chi connectivity index (χ3n) is 13.1. The SMILES string of the molecule is C=C/C=C\C=C(/C)[Si]1(c2ccccc2)c2ccccc2-c2nc(-c3ccc(-n4c5ccccc5c5ccc6c(c54)-c4ccccc4C6(C)C)cc3)nc(-c3ccccc3)c21. The number of benzene rings is 7. The summed E-state index contributed by atoms with van der Waals surface area (Å²) in [6.07, 6.45) is 8.23. The van der Waals surface area contributed by atoms with Gasteiger partial charge in [0.2, 0.25) is 0 Å². The number of rotatable bonds is 7. The van der Waals surface area contributed by atoms with Crippen LogP contribution in [0.15, 0.2) is 206 Å². The predicted octanol–water partition coefficient (Wildman–Crippen LogP) is 11.9. The van der Waals surface area contributed by atoms with E-state index in [2.05, 4.69) is 214 Å². The van der Waals surface area contributed by atoms with Gasteiger partial charge in [0.1, 0.15) is 0 Å². The van der Waals surface area contributed by atoms with E-state index in [1.807, 2.05) is 12.2 Å². The van der Waals surface area contributed by atoms with E-state index in [-0.39, 0.29) is 5.41 Å². The van der Waals surface area contributed by atoms with Crippen LogP contribution in [0.4, 0.5) is 0 Å². The summed E-state index contributed by atoms with van der Waals surface area (Å²) < 4.78 is 2.47. The van der Waals surface area contributed by atoms with Crippen LogP contribution in [0.5, 0.6) is 0 Å². The number of fused-ring (bicyclic) bond motifs is 10. The second kappa shape index (κ2) is 13.7. The molecule has 1 unspecified atom stereocenters. The third kappa shape index (κ3) is 5.07. The van der Waals surface area contributed by atoms with E-state index < -0.39 is 8.07 Å². The van der Waals surface area contributed by atoms with Crippen LogP contribution in [-0.2, 0) is 5.41 Å². The van der Waals surface area contributed by atoms with E-state index in [0.717, 1.165) is 34.0 Å². The molecule has 0 saturated heterocycles. The van der Waals surface area contributed by atoms with Crippen molar-refractivity contribution in [3.8, 4) is 50.7 Å². The van der Waals surface area contributed by atoms with Crippen molar-refractivity contribution in [1.82, 2.24) is 14.5 Å². The molecule has 2 aliphatic rings. The first-order chi connectivity index (χ1) is 29.4. The number of hydrogen-bond donors (Lipinski definition) is 0. The summed E-state index contributed by atoms with van der Waals surface area (Å²) in [4.78, 5) is 11.2. The molecule has 0 spiro atoms. The van der Waals surface area contributed by atoms with Crippen LogP contribution in [0.25, 0.3) is 72.5 Å². The zero-order valence-electron chi connectivity index (χ0n) is 34.0. The number of hydrogen-bond acceptors (Lipinski definition) is 2. The molecular weight excluding hydrogens is 743 g/mol. The molecule has 9 aromatic rings. The molecule has 1 aliphatic heterocycles. The fourth-order valence-corrected chi connectivity index (χ4v) is 15.6. The van der Waals surface area contributed by atoms with Gasteiger partial charge in [0, 0.05) is 49.3 Å². The molecule has 3 nitrogen and oxygen atoms in total. The lowest BCUT2D eigenvalue weighted by Gasteiger charge is -2.32. The summed E-state index contributed by atoms with van der Waals surface area (Å²) in [6, 6.07) is 62.0. The van der Waals surface area contributed by atoms with Gasteiger partial charge in [0.15, 0.2) is 13.9 Å². The molecule has 0 N–H and O–H groups in total. The lowest BCUT2D eigenvalue weighted by atomic mass is 9.82. The fraction of sp³-hybridized carbons (Fsp3) is 0.0714. The standard InChI is InChI=1S/C56H43N3Si/c1-5-6-9-20-37(2)60(41-23-12-8-13-24-41)49-30-19-16-27-45(49)52-54(60)51(38-21-10-7-11-22-38)57-55(58-52)39-31-33-40(34-32-39)59-48-29-18-15-25-42(48)43-35-36-47-50(53(43)59)44-26-14-17-28-46(44)56(47,3)4/h5-36H,1H2,2-4H3/b9-6-,37-20+. The first kappa shape index (κ1) is 36.0. The Morgan fingerprint density at radius 2 is 1.27 bits per heavy atom. The van der Waals surface area contributed by atoms with Crippen LogP contribution in [0.2, 0.25) is 0 Å². The van der Waals surface area contributed by atoms with Gasteiger partial charge >= 0.3 is 0 Å². The van der Waals surface area contributed by atoms with Crippen LogP contribution >= 0.6 is 0 Å². The van der Waals surface area contributed by atoms with E-state index in [9.17, 15) is 0 Å². The zero-order chi connectivity index (χ0) is 40.6. The molecular formula is C56H43N3Si. The highest BCUT2D eigenvalue weighted by Crippen LogP contribution is 2.53. The molecule has 0 radical (unpaired) electrons.